The molecule has 0 saturated heterocycles. The van der Waals surface area contributed by atoms with E-state index in [2.05, 4.69) is 5.48 Å². The van der Waals surface area contributed by atoms with Crippen LogP contribution in [0.15, 0.2) is 24.3 Å². The molecule has 0 heterocycles. The van der Waals surface area contributed by atoms with Crippen LogP contribution in [0.5, 0.6) is 0 Å². The number of benzene rings is 1. The van der Waals surface area contributed by atoms with Gasteiger partial charge in [0.2, 0.25) is 0 Å². The number of rotatable bonds is 3. The summed E-state index contributed by atoms with van der Waals surface area (Å²) >= 11 is 0. The summed E-state index contributed by atoms with van der Waals surface area (Å²) in [5.74, 6) is 0. The van der Waals surface area contributed by atoms with Crippen molar-refractivity contribution in [3.05, 3.63) is 24.3 Å². The fraction of sp³-hybridized carbons (Fsp3) is 0.143. The van der Waals surface area contributed by atoms with E-state index >= 15 is 0 Å². The Morgan fingerprint density at radius 1 is 1.36 bits per heavy atom. The second-order valence-corrected chi connectivity index (χ2v) is 2.00. The molecule has 0 unspecified atom stereocenters. The minimum atomic E-state index is 0.119. The Bertz CT molecular complexity index is 227. The molecule has 0 spiro atoms. The Kier molecular flexibility index (Phi) is 2.71. The Balaban J connectivity index is 2.62. The second kappa shape index (κ2) is 3.80. The van der Waals surface area contributed by atoms with Crippen LogP contribution in [0.2, 0.25) is 0 Å². The third-order valence-electron chi connectivity index (χ3n) is 1.23. The van der Waals surface area contributed by atoms with Crippen molar-refractivity contribution < 1.29 is 4.84 Å². The third-order valence-corrected chi connectivity index (χ3v) is 1.23. The van der Waals surface area contributed by atoms with E-state index in [0.29, 0.717) is 5.69 Å². The lowest BCUT2D eigenvalue weighted by Crippen LogP contribution is -2.10. The zero-order chi connectivity index (χ0) is 8.10. The van der Waals surface area contributed by atoms with Crippen molar-refractivity contribution in [1.82, 2.24) is 0 Å². The van der Waals surface area contributed by atoms with E-state index in [-0.39, 0.29) is 6.73 Å². The molecule has 0 bridgehead atoms. The molecule has 0 radical (unpaired) electrons. The van der Waals surface area contributed by atoms with Crippen LogP contribution in [0, 0.1) is 0 Å². The fourth-order valence-electron chi connectivity index (χ4n) is 0.709. The first-order valence-electron chi connectivity index (χ1n) is 3.27. The highest BCUT2D eigenvalue weighted by molar-refractivity contribution is 5.64. The van der Waals surface area contributed by atoms with Gasteiger partial charge < -0.3 is 11.5 Å². The minimum Gasteiger partial charge on any atom is -0.397 e. The summed E-state index contributed by atoms with van der Waals surface area (Å²) in [4.78, 5) is 4.75. The maximum absolute atomic E-state index is 5.58. The van der Waals surface area contributed by atoms with Crippen LogP contribution in [0.3, 0.4) is 0 Å². The lowest BCUT2D eigenvalue weighted by molar-refractivity contribution is 0.202. The number of hydrogen-bond donors (Lipinski definition) is 3. The van der Waals surface area contributed by atoms with Crippen LogP contribution in [0.25, 0.3) is 0 Å². The molecule has 0 aliphatic carbocycles. The Hall–Kier alpha value is -1.26. The lowest BCUT2D eigenvalue weighted by Gasteiger charge is -2.06. The molecule has 0 amide bonds. The standard InChI is InChI=1S/C7H11N3O/c8-5-11-10-7-4-2-1-3-6(7)9/h1-4,10H,5,8-9H2. The molecule has 1 aromatic rings. The summed E-state index contributed by atoms with van der Waals surface area (Å²) in [5, 5.41) is 0. The maximum Gasteiger partial charge on any atom is 0.122 e. The van der Waals surface area contributed by atoms with Crippen molar-refractivity contribution in [3.8, 4) is 0 Å². The molecule has 0 atom stereocenters. The van der Waals surface area contributed by atoms with Gasteiger partial charge in [-0.05, 0) is 12.1 Å². The molecule has 0 aliphatic rings. The Morgan fingerprint density at radius 3 is 2.73 bits per heavy atom. The molecule has 1 aromatic carbocycles. The summed E-state index contributed by atoms with van der Waals surface area (Å²) in [6.07, 6.45) is 0. The van der Waals surface area contributed by atoms with Crippen LogP contribution in [0.1, 0.15) is 0 Å². The van der Waals surface area contributed by atoms with Gasteiger partial charge in [0.25, 0.3) is 0 Å². The molecular formula is C7H11N3O. The van der Waals surface area contributed by atoms with Crippen molar-refractivity contribution in [3.63, 3.8) is 0 Å². The lowest BCUT2D eigenvalue weighted by atomic mass is 10.3. The summed E-state index contributed by atoms with van der Waals surface area (Å²) in [7, 11) is 0. The number of nitrogens with two attached hydrogens (primary N) is 2. The molecular weight excluding hydrogens is 142 g/mol. The highest BCUT2D eigenvalue weighted by Crippen LogP contribution is 2.15. The molecule has 4 nitrogen and oxygen atoms in total. The van der Waals surface area contributed by atoms with Gasteiger partial charge in [-0.25, -0.2) is 0 Å². The van der Waals surface area contributed by atoms with E-state index in [1.807, 2.05) is 18.2 Å². The van der Waals surface area contributed by atoms with Crippen LogP contribution < -0.4 is 16.9 Å². The first kappa shape index (κ1) is 7.84. The minimum absolute atomic E-state index is 0.119. The van der Waals surface area contributed by atoms with Crippen molar-refractivity contribution in [2.45, 2.75) is 0 Å². The predicted molar refractivity (Wildman–Crippen MR) is 44.6 cm³/mol. The van der Waals surface area contributed by atoms with Gasteiger partial charge in [-0.15, -0.1) is 0 Å². The SMILES string of the molecule is NCONc1ccccc1N. The van der Waals surface area contributed by atoms with Crippen molar-refractivity contribution in [2.24, 2.45) is 5.73 Å². The Morgan fingerprint density at radius 2 is 2.09 bits per heavy atom. The van der Waals surface area contributed by atoms with Crippen LogP contribution in [-0.2, 0) is 4.84 Å². The molecule has 4 heteroatoms. The van der Waals surface area contributed by atoms with Crippen molar-refractivity contribution in [2.75, 3.05) is 17.9 Å². The molecule has 1 rings (SSSR count). The topological polar surface area (TPSA) is 73.3 Å². The molecule has 5 N–H and O–H groups in total. The molecule has 60 valence electrons. The molecule has 0 aromatic heterocycles. The second-order valence-electron chi connectivity index (χ2n) is 2.00. The Labute approximate surface area is 65.1 Å². The highest BCUT2D eigenvalue weighted by atomic mass is 16.6. The van der Waals surface area contributed by atoms with E-state index in [9.17, 15) is 0 Å². The average molecular weight is 153 g/mol. The quantitative estimate of drug-likeness (QED) is 0.336. The van der Waals surface area contributed by atoms with Gasteiger partial charge >= 0.3 is 0 Å². The number of para-hydroxylation sites is 2. The van der Waals surface area contributed by atoms with Crippen molar-refractivity contribution >= 4 is 11.4 Å². The maximum atomic E-state index is 5.58. The van der Waals surface area contributed by atoms with Gasteiger partial charge in [-0.3, -0.25) is 10.3 Å². The van der Waals surface area contributed by atoms with Crippen molar-refractivity contribution in [1.29, 1.82) is 0 Å². The highest BCUT2D eigenvalue weighted by Gasteiger charge is 1.93. The van der Waals surface area contributed by atoms with E-state index < -0.39 is 0 Å². The number of nitrogen functional groups attached to an aromatic ring is 1. The van der Waals surface area contributed by atoms with E-state index in [1.54, 1.807) is 6.07 Å². The van der Waals surface area contributed by atoms with Gasteiger partial charge in [-0.1, -0.05) is 12.1 Å². The number of nitrogens with one attached hydrogen (secondary N) is 1. The summed E-state index contributed by atoms with van der Waals surface area (Å²) in [6.45, 7) is 0.119. The van der Waals surface area contributed by atoms with Crippen LogP contribution in [0.4, 0.5) is 11.4 Å². The zero-order valence-electron chi connectivity index (χ0n) is 6.08. The normalized spacial score (nSPS) is 9.55. The first-order valence-corrected chi connectivity index (χ1v) is 3.27. The van der Waals surface area contributed by atoms with Gasteiger partial charge in [0.05, 0.1) is 11.4 Å². The number of hydrogen-bond acceptors (Lipinski definition) is 4. The largest absolute Gasteiger partial charge is 0.397 e. The first-order chi connectivity index (χ1) is 5.34. The van der Waals surface area contributed by atoms with E-state index in [1.165, 1.54) is 0 Å². The number of anilines is 2. The summed E-state index contributed by atoms with van der Waals surface area (Å²) < 4.78 is 0. The molecule has 0 fully saturated rings. The summed E-state index contributed by atoms with van der Waals surface area (Å²) in [6, 6.07) is 7.30. The smallest absolute Gasteiger partial charge is 0.122 e. The van der Waals surface area contributed by atoms with Crippen LogP contribution in [-0.4, -0.2) is 6.73 Å². The van der Waals surface area contributed by atoms with E-state index in [4.69, 9.17) is 16.3 Å². The summed E-state index contributed by atoms with van der Waals surface area (Å²) in [5.41, 5.74) is 14.7. The molecule has 0 saturated carbocycles. The third kappa shape index (κ3) is 2.10. The molecule has 0 aliphatic heterocycles. The van der Waals surface area contributed by atoms with Crippen LogP contribution >= 0.6 is 0 Å². The monoisotopic (exact) mass is 153 g/mol. The average Bonchev–Trinajstić information content (AvgIpc) is 2.03. The van der Waals surface area contributed by atoms with Gasteiger partial charge in [0.15, 0.2) is 0 Å². The molecule has 11 heavy (non-hydrogen) atoms. The van der Waals surface area contributed by atoms with Gasteiger partial charge in [0, 0.05) is 0 Å². The van der Waals surface area contributed by atoms with Gasteiger partial charge in [-0.2, -0.15) is 0 Å². The van der Waals surface area contributed by atoms with E-state index in [0.717, 1.165) is 5.69 Å². The zero-order valence-corrected chi connectivity index (χ0v) is 6.08. The predicted octanol–water partition coefficient (Wildman–Crippen LogP) is 0.528. The fourth-order valence-corrected chi connectivity index (χ4v) is 0.709. The van der Waals surface area contributed by atoms with Gasteiger partial charge in [0.1, 0.15) is 6.73 Å².